The van der Waals surface area contributed by atoms with Crippen molar-refractivity contribution < 1.29 is 0 Å². The zero-order valence-corrected chi connectivity index (χ0v) is 20.6. The summed E-state index contributed by atoms with van der Waals surface area (Å²) in [5.74, 6) is 1.51. The van der Waals surface area contributed by atoms with Crippen LogP contribution in [0.1, 0.15) is 25.2 Å². The Morgan fingerprint density at radius 1 is 0.919 bits per heavy atom. The first-order valence-electron chi connectivity index (χ1n) is 12.1. The van der Waals surface area contributed by atoms with Crippen LogP contribution in [0.5, 0.6) is 0 Å². The lowest BCUT2D eigenvalue weighted by Gasteiger charge is -2.16. The van der Waals surface area contributed by atoms with Gasteiger partial charge in [0.1, 0.15) is 11.5 Å². The maximum absolute atomic E-state index is 9.58. The average molecular weight is 483 g/mol. The summed E-state index contributed by atoms with van der Waals surface area (Å²) in [6.07, 6.45) is 5.68. The minimum atomic E-state index is -0.571. The molecule has 0 bridgehead atoms. The van der Waals surface area contributed by atoms with Crippen LogP contribution >= 0.6 is 0 Å². The fourth-order valence-electron chi connectivity index (χ4n) is 5.06. The van der Waals surface area contributed by atoms with Crippen LogP contribution in [0.25, 0.3) is 55.6 Å². The summed E-state index contributed by atoms with van der Waals surface area (Å²) < 4.78 is 4.16. The highest BCUT2D eigenvalue weighted by Crippen LogP contribution is 2.34. The van der Waals surface area contributed by atoms with E-state index in [1.165, 1.54) is 0 Å². The van der Waals surface area contributed by atoms with E-state index in [2.05, 4.69) is 55.1 Å². The molecule has 5 heterocycles. The molecule has 37 heavy (non-hydrogen) atoms. The van der Waals surface area contributed by atoms with Crippen LogP contribution in [0.2, 0.25) is 0 Å². The van der Waals surface area contributed by atoms with Crippen LogP contribution in [0, 0.1) is 18.3 Å². The first-order valence-corrected chi connectivity index (χ1v) is 12.1. The number of aromatic nitrogens is 7. The van der Waals surface area contributed by atoms with Gasteiger partial charge in [-0.05, 0) is 68.3 Å². The molecule has 1 N–H and O–H groups in total. The van der Waals surface area contributed by atoms with E-state index in [1.54, 1.807) is 0 Å². The first-order chi connectivity index (χ1) is 17.9. The lowest BCUT2D eigenvalue weighted by atomic mass is 9.86. The predicted molar refractivity (Wildman–Crippen MR) is 144 cm³/mol. The molecule has 8 nitrogen and oxygen atoms in total. The molecular formula is C29H22N8. The highest BCUT2D eigenvalue weighted by Gasteiger charge is 2.22. The smallest absolute Gasteiger partial charge is 0.241 e. The summed E-state index contributed by atoms with van der Waals surface area (Å²) in [4.78, 5) is 12.5. The number of aromatic amines is 1. The van der Waals surface area contributed by atoms with E-state index in [1.807, 2.05) is 74.1 Å². The third-order valence-corrected chi connectivity index (χ3v) is 7.15. The van der Waals surface area contributed by atoms with E-state index in [0.717, 1.165) is 66.9 Å². The number of hydrogen-bond acceptors (Lipinski definition) is 5. The topological polar surface area (TPSA) is 100 Å². The molecule has 2 aromatic carbocycles. The predicted octanol–water partition coefficient (Wildman–Crippen LogP) is 5.87. The number of hydrogen-bond donors (Lipinski definition) is 1. The lowest BCUT2D eigenvalue weighted by molar-refractivity contribution is 0.687. The van der Waals surface area contributed by atoms with Crippen LogP contribution in [0.15, 0.2) is 73.2 Å². The van der Waals surface area contributed by atoms with E-state index in [0.29, 0.717) is 0 Å². The fraction of sp³-hybridized carbons (Fsp3) is 0.138. The van der Waals surface area contributed by atoms with Crippen LogP contribution in [-0.2, 0) is 5.41 Å². The van der Waals surface area contributed by atoms with Gasteiger partial charge in [0.25, 0.3) is 0 Å². The van der Waals surface area contributed by atoms with Crippen LogP contribution in [0.3, 0.4) is 0 Å². The van der Waals surface area contributed by atoms with Crippen molar-refractivity contribution in [1.82, 2.24) is 34.1 Å². The van der Waals surface area contributed by atoms with Gasteiger partial charge in [-0.3, -0.25) is 14.0 Å². The normalized spacial score (nSPS) is 12.2. The number of benzene rings is 2. The second kappa shape index (κ2) is 7.48. The second-order valence-corrected chi connectivity index (χ2v) is 9.87. The quantitative estimate of drug-likeness (QED) is 0.339. The number of imidazole rings is 1. The average Bonchev–Trinajstić information content (AvgIpc) is 3.63. The third kappa shape index (κ3) is 3.07. The molecule has 0 spiro atoms. The van der Waals surface area contributed by atoms with E-state index in [4.69, 9.17) is 4.98 Å². The molecule has 8 heteroatoms. The standard InChI is InChI=1S/C29H22N8/c1-17-34-35-28-36(17)25-15-32-24-9-4-18(20-12-19-10-11-31-27(19)33-14-20)13-23(24)26(25)37(28)22-7-5-21(6-8-22)29(2,3)16-30/h4-15H,1-3H3,(H,31,33). The number of fused-ring (bicyclic) bond motifs is 6. The highest BCUT2D eigenvalue weighted by molar-refractivity contribution is 6.06. The first kappa shape index (κ1) is 21.3. The number of rotatable bonds is 3. The van der Waals surface area contributed by atoms with Gasteiger partial charge >= 0.3 is 0 Å². The second-order valence-electron chi connectivity index (χ2n) is 9.87. The van der Waals surface area contributed by atoms with Gasteiger partial charge in [0.2, 0.25) is 5.78 Å². The molecule has 7 aromatic rings. The zero-order valence-electron chi connectivity index (χ0n) is 20.6. The summed E-state index contributed by atoms with van der Waals surface area (Å²) in [5, 5.41) is 20.5. The van der Waals surface area contributed by atoms with Crippen molar-refractivity contribution in [3.8, 4) is 22.9 Å². The molecule has 0 aliphatic rings. The largest absolute Gasteiger partial charge is 0.346 e. The van der Waals surface area contributed by atoms with Crippen molar-refractivity contribution >= 4 is 38.7 Å². The van der Waals surface area contributed by atoms with E-state index < -0.39 is 5.41 Å². The number of nitriles is 1. The van der Waals surface area contributed by atoms with Gasteiger partial charge in [-0.25, -0.2) is 4.98 Å². The van der Waals surface area contributed by atoms with Gasteiger partial charge < -0.3 is 4.98 Å². The molecule has 0 radical (unpaired) electrons. The van der Waals surface area contributed by atoms with Crippen LogP contribution < -0.4 is 0 Å². The monoisotopic (exact) mass is 482 g/mol. The molecule has 0 atom stereocenters. The zero-order chi connectivity index (χ0) is 25.3. The number of aryl methyl sites for hydroxylation is 1. The van der Waals surface area contributed by atoms with Crippen LogP contribution in [-0.4, -0.2) is 34.1 Å². The summed E-state index contributed by atoms with van der Waals surface area (Å²) in [6, 6.07) is 21.0. The Balaban J connectivity index is 1.52. The number of nitrogens with zero attached hydrogens (tertiary/aromatic N) is 7. The molecule has 0 aliphatic carbocycles. The molecule has 0 aliphatic heterocycles. The summed E-state index contributed by atoms with van der Waals surface area (Å²) in [6.45, 7) is 5.79. The van der Waals surface area contributed by atoms with Gasteiger partial charge in [0.15, 0.2) is 0 Å². The van der Waals surface area contributed by atoms with Gasteiger partial charge in [-0.2, -0.15) is 5.26 Å². The van der Waals surface area contributed by atoms with Crippen molar-refractivity contribution in [3.63, 3.8) is 0 Å². The Kier molecular flexibility index (Phi) is 4.30. The summed E-state index contributed by atoms with van der Waals surface area (Å²) >= 11 is 0. The maximum atomic E-state index is 9.58. The number of H-pyrrole nitrogens is 1. The molecule has 0 saturated heterocycles. The molecule has 0 amide bonds. The van der Waals surface area contributed by atoms with Crippen molar-refractivity contribution in [2.45, 2.75) is 26.2 Å². The molecule has 5 aromatic heterocycles. The fourth-order valence-corrected chi connectivity index (χ4v) is 5.06. The molecule has 0 fully saturated rings. The van der Waals surface area contributed by atoms with Crippen LogP contribution in [0.4, 0.5) is 0 Å². The molecule has 0 unspecified atom stereocenters. The van der Waals surface area contributed by atoms with Crippen molar-refractivity contribution in [2.24, 2.45) is 0 Å². The van der Waals surface area contributed by atoms with Gasteiger partial charge in [-0.1, -0.05) is 18.2 Å². The Hall–Kier alpha value is -5.03. The molecule has 178 valence electrons. The highest BCUT2D eigenvalue weighted by atomic mass is 15.3. The van der Waals surface area contributed by atoms with E-state index in [9.17, 15) is 5.26 Å². The SMILES string of the molecule is Cc1nnc2n(-c3ccc(C(C)(C)C#N)cc3)c3c4cc(-c5cnc6[nH]ccc6c5)ccc4ncc3n12. The Bertz CT molecular complexity index is 2030. The van der Waals surface area contributed by atoms with Crippen molar-refractivity contribution in [1.29, 1.82) is 5.26 Å². The maximum Gasteiger partial charge on any atom is 0.241 e. The summed E-state index contributed by atoms with van der Waals surface area (Å²) in [5.41, 5.74) is 7.13. The van der Waals surface area contributed by atoms with Crippen molar-refractivity contribution in [2.75, 3.05) is 0 Å². The molecular weight excluding hydrogens is 460 g/mol. The number of pyridine rings is 2. The van der Waals surface area contributed by atoms with Gasteiger partial charge in [-0.15, -0.1) is 10.2 Å². The van der Waals surface area contributed by atoms with E-state index >= 15 is 0 Å². The molecule has 7 rings (SSSR count). The lowest BCUT2D eigenvalue weighted by Crippen LogP contribution is -2.13. The molecule has 0 saturated carbocycles. The van der Waals surface area contributed by atoms with Gasteiger partial charge in [0.05, 0.1) is 34.2 Å². The van der Waals surface area contributed by atoms with E-state index in [-0.39, 0.29) is 0 Å². The third-order valence-electron chi connectivity index (χ3n) is 7.15. The van der Waals surface area contributed by atoms with Gasteiger partial charge in [0, 0.05) is 34.4 Å². The Labute approximate surface area is 211 Å². The number of nitrogens with one attached hydrogen (secondary N) is 1. The minimum Gasteiger partial charge on any atom is -0.346 e. The Morgan fingerprint density at radius 3 is 2.57 bits per heavy atom. The minimum absolute atomic E-state index is 0.571. The Morgan fingerprint density at radius 2 is 1.76 bits per heavy atom. The summed E-state index contributed by atoms with van der Waals surface area (Å²) in [7, 11) is 0. The van der Waals surface area contributed by atoms with Crippen molar-refractivity contribution in [3.05, 3.63) is 84.6 Å².